The van der Waals surface area contributed by atoms with Crippen molar-refractivity contribution in [3.05, 3.63) is 24.3 Å². The molecule has 2 saturated heterocycles. The van der Waals surface area contributed by atoms with Crippen molar-refractivity contribution in [2.24, 2.45) is 0 Å². The highest BCUT2D eigenvalue weighted by molar-refractivity contribution is 5.97. The maximum Gasteiger partial charge on any atom is 0.247 e. The van der Waals surface area contributed by atoms with E-state index in [-0.39, 0.29) is 24.0 Å². The number of methoxy groups -OCH3 is 1. The number of nitrogens with zero attached hydrogens (tertiary/aromatic N) is 1. The van der Waals surface area contributed by atoms with Crippen molar-refractivity contribution >= 4 is 17.5 Å². The number of amides is 2. The summed E-state index contributed by atoms with van der Waals surface area (Å²) in [5.74, 6) is 0.681. The van der Waals surface area contributed by atoms with Gasteiger partial charge in [0.05, 0.1) is 13.2 Å². The lowest BCUT2D eigenvalue weighted by Gasteiger charge is -2.24. The maximum absolute atomic E-state index is 12.6. The van der Waals surface area contributed by atoms with Gasteiger partial charge in [0.25, 0.3) is 0 Å². The van der Waals surface area contributed by atoms with E-state index in [2.05, 4.69) is 5.32 Å². The molecule has 0 bridgehead atoms. The molecule has 1 N–H and O–H groups in total. The first-order valence-electron chi connectivity index (χ1n) is 9.03. The van der Waals surface area contributed by atoms with Gasteiger partial charge in [0, 0.05) is 25.3 Å². The Labute approximate surface area is 148 Å². The number of rotatable bonds is 6. The van der Waals surface area contributed by atoms with Crippen LogP contribution in [0.1, 0.15) is 38.5 Å². The molecule has 2 amide bonds. The van der Waals surface area contributed by atoms with Gasteiger partial charge in [-0.25, -0.2) is 0 Å². The summed E-state index contributed by atoms with van der Waals surface area (Å²) in [7, 11) is 1.60. The lowest BCUT2D eigenvalue weighted by atomic mass is 10.1. The first kappa shape index (κ1) is 17.7. The van der Waals surface area contributed by atoms with E-state index in [1.807, 2.05) is 0 Å². The van der Waals surface area contributed by atoms with Gasteiger partial charge >= 0.3 is 0 Å². The summed E-state index contributed by atoms with van der Waals surface area (Å²) < 4.78 is 10.7. The molecular formula is C19H26N2O4. The molecule has 0 radical (unpaired) electrons. The Balaban J connectivity index is 1.53. The minimum atomic E-state index is -0.376. The molecule has 0 saturated carbocycles. The normalized spacial score (nSPS) is 22.8. The van der Waals surface area contributed by atoms with Crippen molar-refractivity contribution in [2.45, 2.75) is 50.7 Å². The second-order valence-electron chi connectivity index (χ2n) is 6.64. The summed E-state index contributed by atoms with van der Waals surface area (Å²) >= 11 is 0. The summed E-state index contributed by atoms with van der Waals surface area (Å²) in [6.07, 6.45) is 5.11. The zero-order chi connectivity index (χ0) is 17.6. The number of hydrogen-bond donors (Lipinski definition) is 1. The van der Waals surface area contributed by atoms with E-state index in [1.54, 1.807) is 36.3 Å². The van der Waals surface area contributed by atoms with Crippen LogP contribution in [0.15, 0.2) is 24.3 Å². The molecular weight excluding hydrogens is 320 g/mol. The maximum atomic E-state index is 12.6. The van der Waals surface area contributed by atoms with Crippen LogP contribution in [0.4, 0.5) is 5.69 Å². The Morgan fingerprint density at radius 2 is 2.04 bits per heavy atom. The third kappa shape index (κ3) is 4.51. The standard InChI is InChI=1S/C19H26N2O4/c1-24-15-8-6-14(7-9-15)20-19(23)17-5-2-12-21(17)18(22)11-10-16-4-3-13-25-16/h6-9,16-17H,2-5,10-13H2,1H3,(H,20,23). The molecule has 0 aromatic heterocycles. The van der Waals surface area contributed by atoms with Crippen LogP contribution in [-0.4, -0.2) is 49.1 Å². The first-order valence-corrected chi connectivity index (χ1v) is 9.03. The van der Waals surface area contributed by atoms with E-state index in [0.717, 1.165) is 38.0 Å². The smallest absolute Gasteiger partial charge is 0.247 e. The highest BCUT2D eigenvalue weighted by Gasteiger charge is 2.34. The van der Waals surface area contributed by atoms with E-state index in [1.165, 1.54) is 0 Å². The zero-order valence-corrected chi connectivity index (χ0v) is 14.7. The Morgan fingerprint density at radius 3 is 2.72 bits per heavy atom. The molecule has 136 valence electrons. The van der Waals surface area contributed by atoms with Gasteiger partial charge < -0.3 is 19.7 Å². The van der Waals surface area contributed by atoms with Crippen molar-refractivity contribution in [1.29, 1.82) is 0 Å². The molecule has 2 unspecified atom stereocenters. The van der Waals surface area contributed by atoms with E-state index < -0.39 is 0 Å². The number of hydrogen-bond acceptors (Lipinski definition) is 4. The van der Waals surface area contributed by atoms with Gasteiger partial charge in [-0.2, -0.15) is 0 Å². The summed E-state index contributed by atoms with van der Waals surface area (Å²) in [6.45, 7) is 1.46. The molecule has 2 aliphatic heterocycles. The van der Waals surface area contributed by atoms with Gasteiger partial charge in [-0.05, 0) is 56.4 Å². The lowest BCUT2D eigenvalue weighted by molar-refractivity contribution is -0.137. The number of benzene rings is 1. The highest BCUT2D eigenvalue weighted by atomic mass is 16.5. The van der Waals surface area contributed by atoms with E-state index >= 15 is 0 Å². The minimum absolute atomic E-state index is 0.0582. The van der Waals surface area contributed by atoms with Crippen LogP contribution in [0, 0.1) is 0 Å². The molecule has 2 heterocycles. The average Bonchev–Trinajstić information content (AvgIpc) is 3.32. The Kier molecular flexibility index (Phi) is 5.91. The van der Waals surface area contributed by atoms with Crippen LogP contribution in [0.3, 0.4) is 0 Å². The van der Waals surface area contributed by atoms with Crippen LogP contribution < -0.4 is 10.1 Å². The first-order chi connectivity index (χ1) is 12.2. The summed E-state index contributed by atoms with van der Waals surface area (Å²) in [4.78, 5) is 26.8. The van der Waals surface area contributed by atoms with Crippen LogP contribution >= 0.6 is 0 Å². The van der Waals surface area contributed by atoms with Gasteiger partial charge in [0.2, 0.25) is 11.8 Å². The summed E-state index contributed by atoms with van der Waals surface area (Å²) in [6, 6.07) is 6.83. The summed E-state index contributed by atoms with van der Waals surface area (Å²) in [5.41, 5.74) is 0.712. The number of carbonyl (C=O) groups excluding carboxylic acids is 2. The third-order valence-electron chi connectivity index (χ3n) is 4.94. The fraction of sp³-hybridized carbons (Fsp3) is 0.579. The molecule has 6 heteroatoms. The SMILES string of the molecule is COc1ccc(NC(=O)C2CCCN2C(=O)CCC2CCCO2)cc1. The Hall–Kier alpha value is -2.08. The Bertz CT molecular complexity index is 596. The Morgan fingerprint density at radius 1 is 1.24 bits per heavy atom. The predicted octanol–water partition coefficient (Wildman–Crippen LogP) is 2.58. The fourth-order valence-corrected chi connectivity index (χ4v) is 3.54. The molecule has 1 aromatic carbocycles. The zero-order valence-electron chi connectivity index (χ0n) is 14.7. The third-order valence-corrected chi connectivity index (χ3v) is 4.94. The van der Waals surface area contributed by atoms with E-state index in [0.29, 0.717) is 25.1 Å². The average molecular weight is 346 g/mol. The topological polar surface area (TPSA) is 67.9 Å². The van der Waals surface area contributed by atoms with E-state index in [4.69, 9.17) is 9.47 Å². The molecule has 25 heavy (non-hydrogen) atoms. The predicted molar refractivity (Wildman–Crippen MR) is 94.6 cm³/mol. The molecule has 1 aromatic rings. The second-order valence-corrected chi connectivity index (χ2v) is 6.64. The van der Waals surface area contributed by atoms with Crippen LogP contribution in [0.25, 0.3) is 0 Å². The molecule has 2 atom stereocenters. The molecule has 2 aliphatic rings. The molecule has 0 aliphatic carbocycles. The number of carbonyl (C=O) groups is 2. The number of ether oxygens (including phenoxy) is 2. The molecule has 3 rings (SSSR count). The van der Waals surface area contributed by atoms with Gasteiger partial charge in [-0.1, -0.05) is 0 Å². The van der Waals surface area contributed by atoms with E-state index in [9.17, 15) is 9.59 Å². The van der Waals surface area contributed by atoms with Crippen molar-refractivity contribution in [3.63, 3.8) is 0 Å². The summed E-state index contributed by atoms with van der Waals surface area (Å²) in [5, 5.41) is 2.90. The van der Waals surface area contributed by atoms with Crippen LogP contribution in [-0.2, 0) is 14.3 Å². The lowest BCUT2D eigenvalue weighted by Crippen LogP contribution is -2.43. The monoisotopic (exact) mass is 346 g/mol. The van der Waals surface area contributed by atoms with Gasteiger partial charge in [0.1, 0.15) is 11.8 Å². The van der Waals surface area contributed by atoms with Gasteiger partial charge in [-0.15, -0.1) is 0 Å². The number of likely N-dealkylation sites (tertiary alicyclic amines) is 1. The molecule has 2 fully saturated rings. The van der Waals surface area contributed by atoms with Gasteiger partial charge in [-0.3, -0.25) is 9.59 Å². The van der Waals surface area contributed by atoms with Crippen LogP contribution in [0.2, 0.25) is 0 Å². The van der Waals surface area contributed by atoms with Gasteiger partial charge in [0.15, 0.2) is 0 Å². The van der Waals surface area contributed by atoms with Crippen molar-refractivity contribution in [3.8, 4) is 5.75 Å². The fourth-order valence-electron chi connectivity index (χ4n) is 3.54. The van der Waals surface area contributed by atoms with Crippen molar-refractivity contribution in [1.82, 2.24) is 4.90 Å². The largest absolute Gasteiger partial charge is 0.497 e. The van der Waals surface area contributed by atoms with Crippen LogP contribution in [0.5, 0.6) is 5.75 Å². The quantitative estimate of drug-likeness (QED) is 0.860. The molecule has 0 spiro atoms. The minimum Gasteiger partial charge on any atom is -0.497 e. The highest BCUT2D eigenvalue weighted by Crippen LogP contribution is 2.23. The van der Waals surface area contributed by atoms with Crippen molar-refractivity contribution in [2.75, 3.05) is 25.6 Å². The second kappa shape index (κ2) is 8.34. The number of nitrogens with one attached hydrogen (secondary N) is 1. The molecule has 6 nitrogen and oxygen atoms in total. The van der Waals surface area contributed by atoms with Crippen molar-refractivity contribution < 1.29 is 19.1 Å². The number of anilines is 1.